The van der Waals surface area contributed by atoms with Gasteiger partial charge in [-0.15, -0.1) is 0 Å². The summed E-state index contributed by atoms with van der Waals surface area (Å²) in [6, 6.07) is 30.5. The number of hydrogen-bond donors (Lipinski definition) is 0. The van der Waals surface area contributed by atoms with Crippen LogP contribution in [0.1, 0.15) is 41.0 Å². The van der Waals surface area contributed by atoms with Crippen LogP contribution >= 0.6 is 0 Å². The number of aryl methyl sites for hydroxylation is 1. The molecular formula is C24H22. The Morgan fingerprint density at radius 1 is 0.667 bits per heavy atom. The van der Waals surface area contributed by atoms with Crippen LogP contribution in [-0.4, -0.2) is 0 Å². The Hall–Kier alpha value is -2.60. The minimum Gasteiger partial charge on any atom is -0.0622 e. The monoisotopic (exact) mass is 310 g/mol. The lowest BCUT2D eigenvalue weighted by atomic mass is 9.87. The topological polar surface area (TPSA) is 0 Å². The molecule has 0 bridgehead atoms. The third-order valence-electron chi connectivity index (χ3n) is 4.97. The maximum Gasteiger partial charge on any atom is 0.0101 e. The van der Waals surface area contributed by atoms with Crippen LogP contribution in [0.2, 0.25) is 0 Å². The van der Waals surface area contributed by atoms with Crippen LogP contribution in [0, 0.1) is 0 Å². The van der Waals surface area contributed by atoms with Crippen LogP contribution in [0.5, 0.6) is 0 Å². The molecule has 0 heterocycles. The van der Waals surface area contributed by atoms with Gasteiger partial charge in [0.2, 0.25) is 0 Å². The first-order chi connectivity index (χ1) is 11.9. The molecule has 1 unspecified atom stereocenters. The molecule has 0 radical (unpaired) electrons. The van der Waals surface area contributed by atoms with Crippen LogP contribution in [0.15, 0.2) is 84.9 Å². The Balaban J connectivity index is 1.55. The van der Waals surface area contributed by atoms with Gasteiger partial charge in [0, 0.05) is 5.92 Å². The van der Waals surface area contributed by atoms with E-state index in [1.165, 1.54) is 40.7 Å². The molecule has 0 aromatic heterocycles. The van der Waals surface area contributed by atoms with E-state index in [1.54, 1.807) is 0 Å². The third-order valence-corrected chi connectivity index (χ3v) is 4.97. The van der Waals surface area contributed by atoms with Gasteiger partial charge in [-0.3, -0.25) is 0 Å². The summed E-state index contributed by atoms with van der Waals surface area (Å²) in [6.45, 7) is 0. The van der Waals surface area contributed by atoms with Crippen molar-refractivity contribution >= 4 is 11.6 Å². The lowest BCUT2D eigenvalue weighted by Gasteiger charge is -2.17. The lowest BCUT2D eigenvalue weighted by Crippen LogP contribution is -2.00. The molecule has 0 aliphatic heterocycles. The molecule has 1 aliphatic carbocycles. The van der Waals surface area contributed by atoms with Crippen molar-refractivity contribution in [2.75, 3.05) is 0 Å². The second-order valence-electron chi connectivity index (χ2n) is 6.53. The number of allylic oxidation sites excluding steroid dienone is 1. The van der Waals surface area contributed by atoms with Gasteiger partial charge in [0.05, 0.1) is 0 Å². The Kier molecular flexibility index (Phi) is 4.29. The van der Waals surface area contributed by atoms with Crippen molar-refractivity contribution in [2.24, 2.45) is 0 Å². The third kappa shape index (κ3) is 3.05. The van der Waals surface area contributed by atoms with E-state index in [0.29, 0.717) is 5.92 Å². The molecule has 4 rings (SSSR count). The smallest absolute Gasteiger partial charge is 0.0101 e. The van der Waals surface area contributed by atoms with Crippen molar-refractivity contribution in [2.45, 2.75) is 25.2 Å². The Bertz CT molecular complexity index is 828. The van der Waals surface area contributed by atoms with E-state index in [1.807, 2.05) is 0 Å². The van der Waals surface area contributed by atoms with Crippen molar-refractivity contribution in [3.05, 3.63) is 107 Å². The summed E-state index contributed by atoms with van der Waals surface area (Å²) in [5, 5.41) is 0. The van der Waals surface area contributed by atoms with Crippen LogP contribution in [0.25, 0.3) is 11.6 Å². The standard InChI is InChI=1S/C24H22/c1-3-10-19(11-4-1)12-9-17-23-22-16-8-7-15-21(22)18-24(23)20-13-5-2-6-14-20/h1-8,10-11,13-16,18,23H,9,12,17H2. The maximum atomic E-state index is 2.39. The van der Waals surface area contributed by atoms with Gasteiger partial charge in [0.25, 0.3) is 0 Å². The summed E-state index contributed by atoms with van der Waals surface area (Å²) in [7, 11) is 0. The van der Waals surface area contributed by atoms with Crippen LogP contribution in [0.4, 0.5) is 0 Å². The number of fused-ring (bicyclic) bond motifs is 1. The minimum absolute atomic E-state index is 0.521. The fraction of sp³-hybridized carbons (Fsp3) is 0.167. The Labute approximate surface area is 144 Å². The number of rotatable bonds is 5. The highest BCUT2D eigenvalue weighted by Crippen LogP contribution is 2.44. The molecule has 118 valence electrons. The molecule has 24 heavy (non-hydrogen) atoms. The normalized spacial score (nSPS) is 15.8. The van der Waals surface area contributed by atoms with Crippen molar-refractivity contribution in [3.8, 4) is 0 Å². The molecule has 0 amide bonds. The number of hydrogen-bond acceptors (Lipinski definition) is 0. The van der Waals surface area contributed by atoms with Crippen molar-refractivity contribution in [1.29, 1.82) is 0 Å². The zero-order valence-corrected chi connectivity index (χ0v) is 13.9. The predicted molar refractivity (Wildman–Crippen MR) is 103 cm³/mol. The number of benzene rings is 3. The van der Waals surface area contributed by atoms with E-state index in [0.717, 1.165) is 6.42 Å². The van der Waals surface area contributed by atoms with Gasteiger partial charge in [-0.05, 0) is 47.1 Å². The Morgan fingerprint density at radius 2 is 1.33 bits per heavy atom. The average molecular weight is 310 g/mol. The summed E-state index contributed by atoms with van der Waals surface area (Å²) in [6.07, 6.45) is 5.96. The van der Waals surface area contributed by atoms with Gasteiger partial charge in [-0.1, -0.05) is 91.0 Å². The zero-order valence-electron chi connectivity index (χ0n) is 13.9. The molecular weight excluding hydrogens is 288 g/mol. The summed E-state index contributed by atoms with van der Waals surface area (Å²) in [5.74, 6) is 0.521. The highest BCUT2D eigenvalue weighted by molar-refractivity contribution is 5.91. The molecule has 1 aliphatic rings. The van der Waals surface area contributed by atoms with Crippen LogP contribution in [0.3, 0.4) is 0 Å². The van der Waals surface area contributed by atoms with E-state index in [9.17, 15) is 0 Å². The van der Waals surface area contributed by atoms with Crippen LogP contribution in [-0.2, 0) is 6.42 Å². The summed E-state index contributed by atoms with van der Waals surface area (Å²) in [5.41, 5.74) is 7.16. The lowest BCUT2D eigenvalue weighted by molar-refractivity contribution is 0.691. The quantitative estimate of drug-likeness (QED) is 0.515. The summed E-state index contributed by atoms with van der Waals surface area (Å²) in [4.78, 5) is 0. The first-order valence-electron chi connectivity index (χ1n) is 8.82. The van der Waals surface area contributed by atoms with Gasteiger partial charge in [0.1, 0.15) is 0 Å². The van der Waals surface area contributed by atoms with E-state index in [2.05, 4.69) is 91.0 Å². The molecule has 0 N–H and O–H groups in total. The highest BCUT2D eigenvalue weighted by Gasteiger charge is 2.25. The van der Waals surface area contributed by atoms with E-state index in [4.69, 9.17) is 0 Å². The minimum atomic E-state index is 0.521. The molecule has 0 nitrogen and oxygen atoms in total. The van der Waals surface area contributed by atoms with E-state index < -0.39 is 0 Å². The molecule has 0 spiro atoms. The largest absolute Gasteiger partial charge is 0.0622 e. The van der Waals surface area contributed by atoms with Gasteiger partial charge >= 0.3 is 0 Å². The average Bonchev–Trinajstić information content (AvgIpc) is 3.02. The van der Waals surface area contributed by atoms with E-state index in [-0.39, 0.29) is 0 Å². The Morgan fingerprint density at radius 3 is 2.12 bits per heavy atom. The van der Waals surface area contributed by atoms with Gasteiger partial charge in [-0.25, -0.2) is 0 Å². The maximum absolute atomic E-state index is 2.39. The SMILES string of the molecule is C1=C(c2ccccc2)C(CCCc2ccccc2)c2ccccc21. The molecule has 0 saturated heterocycles. The van der Waals surface area contributed by atoms with Gasteiger partial charge in [-0.2, -0.15) is 0 Å². The first kappa shape index (κ1) is 15.0. The van der Waals surface area contributed by atoms with Gasteiger partial charge in [0.15, 0.2) is 0 Å². The second kappa shape index (κ2) is 6.88. The second-order valence-corrected chi connectivity index (χ2v) is 6.53. The molecule has 3 aromatic rings. The van der Waals surface area contributed by atoms with Crippen LogP contribution < -0.4 is 0 Å². The summed E-state index contributed by atoms with van der Waals surface area (Å²) >= 11 is 0. The highest BCUT2D eigenvalue weighted by atomic mass is 14.3. The molecule has 0 fully saturated rings. The molecule has 3 aromatic carbocycles. The first-order valence-corrected chi connectivity index (χ1v) is 8.82. The molecule has 1 atom stereocenters. The van der Waals surface area contributed by atoms with Crippen molar-refractivity contribution in [1.82, 2.24) is 0 Å². The van der Waals surface area contributed by atoms with E-state index >= 15 is 0 Å². The predicted octanol–water partition coefficient (Wildman–Crippen LogP) is 6.35. The van der Waals surface area contributed by atoms with Crippen molar-refractivity contribution in [3.63, 3.8) is 0 Å². The van der Waals surface area contributed by atoms with Crippen molar-refractivity contribution < 1.29 is 0 Å². The fourth-order valence-corrected chi connectivity index (χ4v) is 3.78. The fourth-order valence-electron chi connectivity index (χ4n) is 3.78. The van der Waals surface area contributed by atoms with Gasteiger partial charge < -0.3 is 0 Å². The molecule has 0 saturated carbocycles. The zero-order chi connectivity index (χ0) is 16.2. The summed E-state index contributed by atoms with van der Waals surface area (Å²) < 4.78 is 0. The molecule has 0 heteroatoms.